The standard InChI is InChI=1S/C12H17N3O4/c1-19-7-6-14-12(16)11(13)8-9-2-4-10(5-3-9)15(17)18/h2-5,11H,6-8,13H2,1H3,(H,14,16). The molecule has 1 aromatic carbocycles. The van der Waals surface area contributed by atoms with E-state index < -0.39 is 11.0 Å². The van der Waals surface area contributed by atoms with Crippen LogP contribution in [0, 0.1) is 10.1 Å². The average Bonchev–Trinajstić information content (AvgIpc) is 2.39. The summed E-state index contributed by atoms with van der Waals surface area (Å²) in [5.74, 6) is -0.268. The van der Waals surface area contributed by atoms with Crippen molar-refractivity contribution in [2.24, 2.45) is 5.73 Å². The molecule has 19 heavy (non-hydrogen) atoms. The van der Waals surface area contributed by atoms with E-state index in [1.807, 2.05) is 0 Å². The number of methoxy groups -OCH3 is 1. The van der Waals surface area contributed by atoms with Gasteiger partial charge in [0.25, 0.3) is 5.69 Å². The normalized spacial score (nSPS) is 11.9. The first-order valence-electron chi connectivity index (χ1n) is 5.80. The van der Waals surface area contributed by atoms with Gasteiger partial charge in [0.15, 0.2) is 0 Å². The Morgan fingerprint density at radius 2 is 2.11 bits per heavy atom. The number of ether oxygens (including phenoxy) is 1. The van der Waals surface area contributed by atoms with Crippen LogP contribution in [0.5, 0.6) is 0 Å². The van der Waals surface area contributed by atoms with Gasteiger partial charge >= 0.3 is 0 Å². The Morgan fingerprint density at radius 3 is 2.63 bits per heavy atom. The van der Waals surface area contributed by atoms with Gasteiger partial charge in [-0.05, 0) is 12.0 Å². The van der Waals surface area contributed by atoms with Gasteiger partial charge in [-0.15, -0.1) is 0 Å². The van der Waals surface area contributed by atoms with Gasteiger partial charge < -0.3 is 15.8 Å². The molecule has 0 radical (unpaired) electrons. The number of rotatable bonds is 7. The highest BCUT2D eigenvalue weighted by Crippen LogP contribution is 2.12. The number of nitro groups is 1. The predicted octanol–water partition coefficient (Wildman–Crippen LogP) is 0.227. The van der Waals surface area contributed by atoms with E-state index in [0.717, 1.165) is 5.56 Å². The molecule has 0 saturated carbocycles. The van der Waals surface area contributed by atoms with Gasteiger partial charge in [-0.2, -0.15) is 0 Å². The van der Waals surface area contributed by atoms with Crippen LogP contribution in [0.2, 0.25) is 0 Å². The molecule has 1 amide bonds. The molecule has 1 aromatic rings. The molecule has 7 heteroatoms. The summed E-state index contributed by atoms with van der Waals surface area (Å²) in [7, 11) is 1.54. The predicted molar refractivity (Wildman–Crippen MR) is 69.7 cm³/mol. The molecule has 0 aromatic heterocycles. The molecule has 3 N–H and O–H groups in total. The fraction of sp³-hybridized carbons (Fsp3) is 0.417. The van der Waals surface area contributed by atoms with Crippen LogP contribution in [-0.2, 0) is 16.0 Å². The van der Waals surface area contributed by atoms with Gasteiger partial charge in [-0.3, -0.25) is 14.9 Å². The highest BCUT2D eigenvalue weighted by Gasteiger charge is 2.14. The fourth-order valence-corrected chi connectivity index (χ4v) is 1.51. The largest absolute Gasteiger partial charge is 0.383 e. The first kappa shape index (κ1) is 15.1. The van der Waals surface area contributed by atoms with Gasteiger partial charge in [0.1, 0.15) is 0 Å². The minimum atomic E-state index is -0.682. The second-order valence-corrected chi connectivity index (χ2v) is 4.02. The van der Waals surface area contributed by atoms with Crippen molar-refractivity contribution in [1.29, 1.82) is 0 Å². The smallest absolute Gasteiger partial charge is 0.269 e. The van der Waals surface area contributed by atoms with Crippen LogP contribution in [0.15, 0.2) is 24.3 Å². The quantitative estimate of drug-likeness (QED) is 0.417. The van der Waals surface area contributed by atoms with Crippen molar-refractivity contribution < 1.29 is 14.5 Å². The summed E-state index contributed by atoms with van der Waals surface area (Å²) in [6, 6.07) is 5.30. The maximum Gasteiger partial charge on any atom is 0.269 e. The molecular weight excluding hydrogens is 250 g/mol. The fourth-order valence-electron chi connectivity index (χ4n) is 1.51. The number of nitrogens with zero attached hydrogens (tertiary/aromatic N) is 1. The van der Waals surface area contributed by atoms with Crippen molar-refractivity contribution in [3.8, 4) is 0 Å². The van der Waals surface area contributed by atoms with E-state index in [9.17, 15) is 14.9 Å². The Balaban J connectivity index is 2.49. The zero-order chi connectivity index (χ0) is 14.3. The molecular formula is C12H17N3O4. The van der Waals surface area contributed by atoms with Crippen molar-refractivity contribution in [3.63, 3.8) is 0 Å². The number of nitro benzene ring substituents is 1. The lowest BCUT2D eigenvalue weighted by molar-refractivity contribution is -0.384. The van der Waals surface area contributed by atoms with E-state index in [1.54, 1.807) is 19.2 Å². The lowest BCUT2D eigenvalue weighted by Gasteiger charge is -2.11. The molecule has 1 atom stereocenters. The highest BCUT2D eigenvalue weighted by atomic mass is 16.6. The first-order valence-corrected chi connectivity index (χ1v) is 5.80. The van der Waals surface area contributed by atoms with Gasteiger partial charge in [-0.1, -0.05) is 12.1 Å². The molecule has 0 saturated heterocycles. The van der Waals surface area contributed by atoms with Crippen LogP contribution < -0.4 is 11.1 Å². The molecule has 0 bridgehead atoms. The van der Waals surface area contributed by atoms with E-state index in [1.165, 1.54) is 12.1 Å². The molecule has 0 fully saturated rings. The van der Waals surface area contributed by atoms with Crippen LogP contribution in [0.3, 0.4) is 0 Å². The zero-order valence-electron chi connectivity index (χ0n) is 10.7. The second-order valence-electron chi connectivity index (χ2n) is 4.02. The van der Waals surface area contributed by atoms with E-state index >= 15 is 0 Å². The van der Waals surface area contributed by atoms with Crippen LogP contribution in [0.1, 0.15) is 5.56 Å². The summed E-state index contributed by atoms with van der Waals surface area (Å²) in [5.41, 5.74) is 6.54. The SMILES string of the molecule is COCCNC(=O)C(N)Cc1ccc([N+](=O)[O-])cc1. The zero-order valence-corrected chi connectivity index (χ0v) is 10.7. The van der Waals surface area contributed by atoms with Crippen LogP contribution >= 0.6 is 0 Å². The molecule has 1 unspecified atom stereocenters. The number of amides is 1. The van der Waals surface area contributed by atoms with Gasteiger partial charge in [0.05, 0.1) is 17.6 Å². The van der Waals surface area contributed by atoms with Gasteiger partial charge in [-0.25, -0.2) is 0 Å². The van der Waals surface area contributed by atoms with E-state index in [2.05, 4.69) is 5.32 Å². The van der Waals surface area contributed by atoms with Gasteiger partial charge in [0, 0.05) is 25.8 Å². The van der Waals surface area contributed by atoms with Crippen molar-refractivity contribution in [2.75, 3.05) is 20.3 Å². The third-order valence-electron chi connectivity index (χ3n) is 2.54. The Morgan fingerprint density at radius 1 is 1.47 bits per heavy atom. The summed E-state index contributed by atoms with van der Waals surface area (Å²) in [5, 5.41) is 13.1. The van der Waals surface area contributed by atoms with Crippen LogP contribution in [0.4, 0.5) is 5.69 Å². The minimum absolute atomic E-state index is 0.0156. The van der Waals surface area contributed by atoms with Crippen LogP contribution in [0.25, 0.3) is 0 Å². The van der Waals surface area contributed by atoms with Crippen molar-refractivity contribution in [2.45, 2.75) is 12.5 Å². The summed E-state index contributed by atoms with van der Waals surface area (Å²) >= 11 is 0. The monoisotopic (exact) mass is 267 g/mol. The lowest BCUT2D eigenvalue weighted by atomic mass is 10.1. The number of hydrogen-bond acceptors (Lipinski definition) is 5. The summed E-state index contributed by atoms with van der Waals surface area (Å²) in [6.45, 7) is 0.833. The topological polar surface area (TPSA) is 107 Å². The maximum absolute atomic E-state index is 11.6. The summed E-state index contributed by atoms with van der Waals surface area (Å²) in [6.07, 6.45) is 0.330. The molecule has 0 aliphatic rings. The molecule has 0 heterocycles. The number of benzene rings is 1. The number of hydrogen-bond donors (Lipinski definition) is 2. The Labute approximate surface area is 110 Å². The highest BCUT2D eigenvalue weighted by molar-refractivity contribution is 5.81. The maximum atomic E-state index is 11.6. The van der Waals surface area contributed by atoms with Crippen molar-refractivity contribution in [1.82, 2.24) is 5.32 Å². The Bertz CT molecular complexity index is 433. The average molecular weight is 267 g/mol. The number of nitrogens with two attached hydrogens (primary N) is 1. The van der Waals surface area contributed by atoms with E-state index in [4.69, 9.17) is 10.5 Å². The Hall–Kier alpha value is -1.99. The number of carbonyl (C=O) groups excluding carboxylic acids is 1. The molecule has 0 aliphatic heterocycles. The number of carbonyl (C=O) groups is 1. The number of non-ortho nitro benzene ring substituents is 1. The molecule has 7 nitrogen and oxygen atoms in total. The lowest BCUT2D eigenvalue weighted by Crippen LogP contribution is -2.43. The van der Waals surface area contributed by atoms with Gasteiger partial charge in [0.2, 0.25) is 5.91 Å². The number of nitrogens with one attached hydrogen (secondary N) is 1. The minimum Gasteiger partial charge on any atom is -0.383 e. The summed E-state index contributed by atoms with van der Waals surface area (Å²) in [4.78, 5) is 21.6. The van der Waals surface area contributed by atoms with Crippen molar-refractivity contribution in [3.05, 3.63) is 39.9 Å². The van der Waals surface area contributed by atoms with Crippen molar-refractivity contribution >= 4 is 11.6 Å². The van der Waals surface area contributed by atoms with E-state index in [-0.39, 0.29) is 11.6 Å². The van der Waals surface area contributed by atoms with E-state index in [0.29, 0.717) is 19.6 Å². The molecule has 0 aliphatic carbocycles. The first-order chi connectivity index (χ1) is 9.04. The molecule has 104 valence electrons. The van der Waals surface area contributed by atoms with Crippen LogP contribution in [-0.4, -0.2) is 37.1 Å². The second kappa shape index (κ2) is 7.45. The third-order valence-corrected chi connectivity index (χ3v) is 2.54. The summed E-state index contributed by atoms with van der Waals surface area (Å²) < 4.78 is 4.81. The molecule has 1 rings (SSSR count). The third kappa shape index (κ3) is 5.02. The molecule has 0 spiro atoms. The Kier molecular flexibility index (Phi) is 5.91.